The monoisotopic (exact) mass is 166 g/mol. The van der Waals surface area contributed by atoms with E-state index in [4.69, 9.17) is 0 Å². The molecule has 0 unspecified atom stereocenters. The SMILES string of the molecule is c1c[nH]c(CNC2CNNC2)c1. The lowest BCUT2D eigenvalue weighted by Gasteiger charge is -2.08. The molecular weight excluding hydrogens is 152 g/mol. The van der Waals surface area contributed by atoms with Crippen molar-refractivity contribution in [2.24, 2.45) is 0 Å². The largest absolute Gasteiger partial charge is 0.364 e. The molecule has 1 aromatic rings. The Bertz CT molecular complexity index is 213. The predicted octanol–water partition coefficient (Wildman–Crippen LogP) is -0.419. The van der Waals surface area contributed by atoms with Gasteiger partial charge in [-0.15, -0.1) is 0 Å². The van der Waals surface area contributed by atoms with Crippen LogP contribution in [-0.4, -0.2) is 24.1 Å². The maximum Gasteiger partial charge on any atom is 0.0360 e. The molecule has 4 N–H and O–H groups in total. The van der Waals surface area contributed by atoms with E-state index in [2.05, 4.69) is 27.2 Å². The Balaban J connectivity index is 1.74. The number of hydrogen-bond donors (Lipinski definition) is 4. The van der Waals surface area contributed by atoms with Gasteiger partial charge in [-0.05, 0) is 12.1 Å². The summed E-state index contributed by atoms with van der Waals surface area (Å²) in [7, 11) is 0. The standard InChI is InChI=1S/C8H14N4/c1-2-7(9-3-1)4-10-8-5-11-12-6-8/h1-3,8-12H,4-6H2. The van der Waals surface area contributed by atoms with E-state index in [9.17, 15) is 0 Å². The smallest absolute Gasteiger partial charge is 0.0360 e. The minimum absolute atomic E-state index is 0.549. The van der Waals surface area contributed by atoms with Crippen LogP contribution in [0.1, 0.15) is 5.69 Å². The Labute approximate surface area is 71.7 Å². The van der Waals surface area contributed by atoms with Gasteiger partial charge < -0.3 is 10.3 Å². The van der Waals surface area contributed by atoms with E-state index in [1.807, 2.05) is 12.3 Å². The van der Waals surface area contributed by atoms with Crippen LogP contribution < -0.4 is 16.2 Å². The number of aromatic nitrogens is 1. The van der Waals surface area contributed by atoms with Gasteiger partial charge in [-0.25, -0.2) is 0 Å². The Morgan fingerprint density at radius 2 is 2.25 bits per heavy atom. The van der Waals surface area contributed by atoms with Gasteiger partial charge in [0, 0.05) is 37.6 Å². The molecule has 0 saturated carbocycles. The van der Waals surface area contributed by atoms with E-state index in [0.29, 0.717) is 6.04 Å². The molecule has 0 spiro atoms. The highest BCUT2D eigenvalue weighted by atomic mass is 15.4. The van der Waals surface area contributed by atoms with Crippen molar-refractivity contribution in [3.8, 4) is 0 Å². The Kier molecular flexibility index (Phi) is 2.41. The maximum absolute atomic E-state index is 3.43. The maximum atomic E-state index is 3.43. The zero-order valence-corrected chi connectivity index (χ0v) is 6.93. The summed E-state index contributed by atoms with van der Waals surface area (Å²) in [6, 6.07) is 4.65. The van der Waals surface area contributed by atoms with Crippen molar-refractivity contribution >= 4 is 0 Å². The lowest BCUT2D eigenvalue weighted by atomic mass is 10.3. The first kappa shape index (κ1) is 7.79. The highest BCUT2D eigenvalue weighted by molar-refractivity contribution is 5.03. The highest BCUT2D eigenvalue weighted by Gasteiger charge is 2.12. The number of H-pyrrole nitrogens is 1. The molecule has 4 heteroatoms. The fourth-order valence-corrected chi connectivity index (χ4v) is 1.34. The van der Waals surface area contributed by atoms with Crippen LogP contribution in [0.3, 0.4) is 0 Å². The lowest BCUT2D eigenvalue weighted by molar-refractivity contribution is 0.561. The molecule has 0 radical (unpaired) electrons. The van der Waals surface area contributed by atoms with Crippen LogP contribution in [0.15, 0.2) is 18.3 Å². The summed E-state index contributed by atoms with van der Waals surface area (Å²) in [6.45, 7) is 2.92. The van der Waals surface area contributed by atoms with Gasteiger partial charge in [-0.1, -0.05) is 0 Å². The summed E-state index contributed by atoms with van der Waals surface area (Å²) in [6.07, 6.45) is 1.95. The fourth-order valence-electron chi connectivity index (χ4n) is 1.34. The quantitative estimate of drug-likeness (QED) is 0.493. The molecule has 12 heavy (non-hydrogen) atoms. The first-order valence-electron chi connectivity index (χ1n) is 4.26. The van der Waals surface area contributed by atoms with Crippen molar-refractivity contribution in [2.75, 3.05) is 13.1 Å². The molecule has 1 aromatic heterocycles. The van der Waals surface area contributed by atoms with E-state index >= 15 is 0 Å². The minimum atomic E-state index is 0.549. The minimum Gasteiger partial charge on any atom is -0.364 e. The second-order valence-corrected chi connectivity index (χ2v) is 3.03. The lowest BCUT2D eigenvalue weighted by Crippen LogP contribution is -2.32. The predicted molar refractivity (Wildman–Crippen MR) is 47.4 cm³/mol. The highest BCUT2D eigenvalue weighted by Crippen LogP contribution is 1.94. The zero-order valence-electron chi connectivity index (χ0n) is 6.93. The van der Waals surface area contributed by atoms with Crippen molar-refractivity contribution < 1.29 is 0 Å². The van der Waals surface area contributed by atoms with E-state index in [1.165, 1.54) is 5.69 Å². The first-order valence-corrected chi connectivity index (χ1v) is 4.26. The van der Waals surface area contributed by atoms with Gasteiger partial charge >= 0.3 is 0 Å². The van der Waals surface area contributed by atoms with Crippen LogP contribution in [0.5, 0.6) is 0 Å². The van der Waals surface area contributed by atoms with Crippen LogP contribution in [0.2, 0.25) is 0 Å². The Morgan fingerprint density at radius 1 is 1.42 bits per heavy atom. The second kappa shape index (κ2) is 3.71. The molecule has 0 amide bonds. The van der Waals surface area contributed by atoms with Crippen molar-refractivity contribution in [1.29, 1.82) is 0 Å². The molecule has 1 fully saturated rings. The number of hydrogen-bond acceptors (Lipinski definition) is 3. The third-order valence-electron chi connectivity index (χ3n) is 2.07. The van der Waals surface area contributed by atoms with E-state index < -0.39 is 0 Å². The van der Waals surface area contributed by atoms with E-state index in [1.54, 1.807) is 0 Å². The number of nitrogens with one attached hydrogen (secondary N) is 4. The molecular formula is C8H14N4. The first-order chi connectivity index (χ1) is 5.95. The second-order valence-electron chi connectivity index (χ2n) is 3.03. The van der Waals surface area contributed by atoms with Gasteiger partial charge in [0.15, 0.2) is 0 Å². The molecule has 66 valence electrons. The summed E-state index contributed by atoms with van der Waals surface area (Å²) in [5, 5.41) is 3.43. The normalized spacial score (nSPS) is 18.7. The molecule has 2 rings (SSSR count). The van der Waals surface area contributed by atoms with Gasteiger partial charge in [0.05, 0.1) is 0 Å². The molecule has 4 nitrogen and oxygen atoms in total. The van der Waals surface area contributed by atoms with E-state index in [-0.39, 0.29) is 0 Å². The van der Waals surface area contributed by atoms with Crippen LogP contribution in [-0.2, 0) is 6.54 Å². The number of aromatic amines is 1. The molecule has 1 aliphatic rings. The van der Waals surface area contributed by atoms with Gasteiger partial charge in [-0.2, -0.15) is 0 Å². The zero-order chi connectivity index (χ0) is 8.23. The molecule has 1 saturated heterocycles. The van der Waals surface area contributed by atoms with E-state index in [0.717, 1.165) is 19.6 Å². The van der Waals surface area contributed by atoms with Gasteiger partial charge in [-0.3, -0.25) is 10.9 Å². The third-order valence-corrected chi connectivity index (χ3v) is 2.07. The van der Waals surface area contributed by atoms with Crippen LogP contribution in [0, 0.1) is 0 Å². The van der Waals surface area contributed by atoms with Gasteiger partial charge in [0.2, 0.25) is 0 Å². The summed E-state index contributed by atoms with van der Waals surface area (Å²) >= 11 is 0. The third kappa shape index (κ3) is 1.85. The van der Waals surface area contributed by atoms with Crippen molar-refractivity contribution in [3.63, 3.8) is 0 Å². The van der Waals surface area contributed by atoms with Crippen molar-refractivity contribution in [3.05, 3.63) is 24.0 Å². The number of rotatable bonds is 3. The number of hydrazine groups is 1. The fraction of sp³-hybridized carbons (Fsp3) is 0.500. The molecule has 0 bridgehead atoms. The topological polar surface area (TPSA) is 51.9 Å². The Morgan fingerprint density at radius 3 is 2.92 bits per heavy atom. The summed E-state index contributed by atoms with van der Waals surface area (Å²) in [4.78, 5) is 3.16. The van der Waals surface area contributed by atoms with Crippen LogP contribution in [0.4, 0.5) is 0 Å². The Hall–Kier alpha value is -0.840. The van der Waals surface area contributed by atoms with Gasteiger partial charge in [0.1, 0.15) is 0 Å². The van der Waals surface area contributed by atoms with Crippen LogP contribution in [0.25, 0.3) is 0 Å². The molecule has 0 atom stereocenters. The van der Waals surface area contributed by atoms with Crippen LogP contribution >= 0.6 is 0 Å². The van der Waals surface area contributed by atoms with Gasteiger partial charge in [0.25, 0.3) is 0 Å². The summed E-state index contributed by atoms with van der Waals surface area (Å²) < 4.78 is 0. The summed E-state index contributed by atoms with van der Waals surface area (Å²) in [5.41, 5.74) is 7.40. The molecule has 0 aromatic carbocycles. The van der Waals surface area contributed by atoms with Crippen molar-refractivity contribution in [2.45, 2.75) is 12.6 Å². The molecule has 1 aliphatic heterocycles. The molecule has 2 heterocycles. The molecule has 0 aliphatic carbocycles. The summed E-state index contributed by atoms with van der Waals surface area (Å²) in [5.74, 6) is 0. The average molecular weight is 166 g/mol. The average Bonchev–Trinajstić information content (AvgIpc) is 2.74. The van der Waals surface area contributed by atoms with Crippen molar-refractivity contribution in [1.82, 2.24) is 21.2 Å².